The fourth-order valence-corrected chi connectivity index (χ4v) is 8.34. The van der Waals surface area contributed by atoms with Gasteiger partial charge in [0.2, 0.25) is 5.91 Å². The fourth-order valence-electron chi connectivity index (χ4n) is 5.74. The molecule has 1 aliphatic heterocycles. The summed E-state index contributed by atoms with van der Waals surface area (Å²) >= 11 is 0. The molecule has 10 heteroatoms. The lowest BCUT2D eigenvalue weighted by Crippen LogP contribution is -2.52. The van der Waals surface area contributed by atoms with E-state index in [1.54, 1.807) is 36.9 Å². The highest BCUT2D eigenvalue weighted by Gasteiger charge is 2.54. The van der Waals surface area contributed by atoms with Crippen LogP contribution in [0.2, 0.25) is 24.7 Å². The molecular formula is C27H40FN5O3Si. The zero-order valence-electron chi connectivity index (χ0n) is 23.0. The van der Waals surface area contributed by atoms with Crippen molar-refractivity contribution < 1.29 is 19.1 Å². The van der Waals surface area contributed by atoms with E-state index in [-0.39, 0.29) is 29.9 Å². The number of carbonyl (C=O) groups is 2. The van der Waals surface area contributed by atoms with E-state index >= 15 is 0 Å². The number of aliphatic hydroxyl groups is 1. The van der Waals surface area contributed by atoms with Crippen LogP contribution in [0.1, 0.15) is 76.2 Å². The van der Waals surface area contributed by atoms with Crippen LogP contribution in [0.25, 0.3) is 0 Å². The van der Waals surface area contributed by atoms with Crippen molar-refractivity contribution in [2.24, 2.45) is 0 Å². The van der Waals surface area contributed by atoms with Crippen LogP contribution < -0.4 is 10.6 Å². The van der Waals surface area contributed by atoms with Crippen LogP contribution in [-0.2, 0) is 16.9 Å². The number of fused-ring (bicyclic) bond motifs is 1. The summed E-state index contributed by atoms with van der Waals surface area (Å²) in [5.41, 5.74) is -0.000742. The van der Waals surface area contributed by atoms with E-state index in [4.69, 9.17) is 0 Å². The largest absolute Gasteiger partial charge is 0.390 e. The molecule has 1 atom stereocenters. The van der Waals surface area contributed by atoms with Gasteiger partial charge in [-0.1, -0.05) is 44.3 Å². The summed E-state index contributed by atoms with van der Waals surface area (Å²) in [5, 5.41) is 23.7. The third kappa shape index (κ3) is 4.93. The number of nitrogens with one attached hydrogen (secondary N) is 3. The molecule has 202 valence electrons. The lowest BCUT2D eigenvalue weighted by Gasteiger charge is -2.48. The van der Waals surface area contributed by atoms with Crippen LogP contribution in [-0.4, -0.2) is 45.8 Å². The van der Waals surface area contributed by atoms with Gasteiger partial charge in [0.05, 0.1) is 37.5 Å². The third-order valence-electron chi connectivity index (χ3n) is 8.31. The Hall–Kier alpha value is -2.72. The number of halogens is 1. The number of amides is 3. The summed E-state index contributed by atoms with van der Waals surface area (Å²) in [4.78, 5) is 28.7. The molecule has 0 saturated heterocycles. The van der Waals surface area contributed by atoms with E-state index in [1.807, 2.05) is 13.8 Å². The van der Waals surface area contributed by atoms with Crippen molar-refractivity contribution in [3.05, 3.63) is 46.9 Å². The van der Waals surface area contributed by atoms with Gasteiger partial charge in [-0.15, -0.1) is 0 Å². The Labute approximate surface area is 219 Å². The highest BCUT2D eigenvalue weighted by molar-refractivity contribution is 6.83. The average Bonchev–Trinajstić information content (AvgIpc) is 3.23. The molecule has 4 rings (SSSR count). The summed E-state index contributed by atoms with van der Waals surface area (Å²) in [7, 11) is -1.76. The first-order valence-electron chi connectivity index (χ1n) is 13.0. The maximum Gasteiger partial charge on any atom is 0.318 e. The van der Waals surface area contributed by atoms with Crippen LogP contribution >= 0.6 is 0 Å². The molecule has 1 aliphatic carbocycles. The van der Waals surface area contributed by atoms with Crippen LogP contribution in [0.5, 0.6) is 0 Å². The summed E-state index contributed by atoms with van der Waals surface area (Å²) in [6.45, 7) is 14.0. The SMILES string of the molecule is CC(C)(O)CC(NC(=O)N1Cc2c(NC(=O)C3([Si](C)(C)C)CCC3)n[nH]c2C1(C)C)c1ccccc1F. The number of urea groups is 1. The molecule has 8 nitrogen and oxygen atoms in total. The Morgan fingerprint density at radius 1 is 1.24 bits per heavy atom. The van der Waals surface area contributed by atoms with Crippen molar-refractivity contribution >= 4 is 25.8 Å². The maximum absolute atomic E-state index is 14.7. The van der Waals surface area contributed by atoms with Crippen molar-refractivity contribution in [2.45, 2.75) is 102 Å². The number of H-pyrrole nitrogens is 1. The fraction of sp³-hybridized carbons (Fsp3) is 0.593. The van der Waals surface area contributed by atoms with Crippen molar-refractivity contribution in [3.8, 4) is 0 Å². The molecule has 0 radical (unpaired) electrons. The van der Waals surface area contributed by atoms with Crippen molar-refractivity contribution in [1.82, 2.24) is 20.4 Å². The van der Waals surface area contributed by atoms with Crippen LogP contribution in [0.15, 0.2) is 24.3 Å². The Morgan fingerprint density at radius 3 is 2.43 bits per heavy atom. The second kappa shape index (κ2) is 9.23. The number of nitrogens with zero attached hydrogens (tertiary/aromatic N) is 2. The smallest absolute Gasteiger partial charge is 0.318 e. The summed E-state index contributed by atoms with van der Waals surface area (Å²) in [5.74, 6) is 0.0530. The van der Waals surface area contributed by atoms with Gasteiger partial charge in [-0.25, -0.2) is 9.18 Å². The normalized spacial score (nSPS) is 19.1. The van der Waals surface area contributed by atoms with E-state index in [0.29, 0.717) is 11.4 Å². The first-order chi connectivity index (χ1) is 17.1. The second-order valence-corrected chi connectivity index (χ2v) is 18.2. The average molecular weight is 530 g/mol. The van der Waals surface area contributed by atoms with Crippen molar-refractivity contribution in [2.75, 3.05) is 5.32 Å². The Kier molecular flexibility index (Phi) is 6.82. The van der Waals surface area contributed by atoms with Gasteiger partial charge in [-0.3, -0.25) is 9.89 Å². The lowest BCUT2D eigenvalue weighted by molar-refractivity contribution is -0.121. The predicted octanol–water partition coefficient (Wildman–Crippen LogP) is 5.41. The van der Waals surface area contributed by atoms with Gasteiger partial charge < -0.3 is 20.6 Å². The monoisotopic (exact) mass is 529 g/mol. The predicted molar refractivity (Wildman–Crippen MR) is 144 cm³/mol. The molecule has 1 fully saturated rings. The number of rotatable bonds is 7. The van der Waals surface area contributed by atoms with E-state index in [2.05, 4.69) is 40.5 Å². The highest BCUT2D eigenvalue weighted by atomic mass is 28.3. The van der Waals surface area contributed by atoms with E-state index in [0.717, 1.165) is 30.5 Å². The number of aromatic nitrogens is 2. The van der Waals surface area contributed by atoms with E-state index in [9.17, 15) is 19.1 Å². The molecule has 2 aromatic rings. The molecule has 3 amide bonds. The number of benzene rings is 1. The Bertz CT molecular complexity index is 1190. The second-order valence-electron chi connectivity index (χ2n) is 12.8. The van der Waals surface area contributed by atoms with Crippen molar-refractivity contribution in [1.29, 1.82) is 0 Å². The van der Waals surface area contributed by atoms with Crippen LogP contribution in [0.4, 0.5) is 15.0 Å². The zero-order chi connectivity index (χ0) is 27.4. The molecule has 2 aliphatic rings. The number of hydrogen-bond donors (Lipinski definition) is 4. The molecular weight excluding hydrogens is 489 g/mol. The van der Waals surface area contributed by atoms with Gasteiger partial charge in [0.1, 0.15) is 5.82 Å². The standard InChI is InChI=1S/C27H40FN5O3Si/c1-25(2,36)15-20(17-11-8-9-12-19(17)28)29-24(35)33-16-18-21(26(33,3)4)31-32-22(18)30-23(34)27(13-10-14-27)37(5,6)7/h8-9,11-12,20,36H,10,13-16H2,1-7H3,(H,29,35)(H2,30,31,32,34). The first kappa shape index (κ1) is 27.3. The molecule has 1 unspecified atom stereocenters. The molecule has 0 spiro atoms. The Morgan fingerprint density at radius 2 is 1.89 bits per heavy atom. The summed E-state index contributed by atoms with van der Waals surface area (Å²) in [6.07, 6.45) is 3.01. The van der Waals surface area contributed by atoms with Gasteiger partial charge in [-0.05, 0) is 46.6 Å². The van der Waals surface area contributed by atoms with Gasteiger partial charge >= 0.3 is 6.03 Å². The van der Waals surface area contributed by atoms with Gasteiger partial charge in [0, 0.05) is 22.6 Å². The minimum absolute atomic E-state index is 0.0257. The first-order valence-corrected chi connectivity index (χ1v) is 16.5. The topological polar surface area (TPSA) is 110 Å². The molecule has 4 N–H and O–H groups in total. The minimum atomic E-state index is -1.76. The number of aromatic amines is 1. The van der Waals surface area contributed by atoms with Crippen LogP contribution in [0.3, 0.4) is 0 Å². The molecule has 1 saturated carbocycles. The quantitative estimate of drug-likeness (QED) is 0.359. The summed E-state index contributed by atoms with van der Waals surface area (Å²) < 4.78 is 14.7. The van der Waals surface area contributed by atoms with E-state index in [1.165, 1.54) is 6.07 Å². The maximum atomic E-state index is 14.7. The summed E-state index contributed by atoms with van der Waals surface area (Å²) in [6, 6.07) is 5.16. The van der Waals surface area contributed by atoms with E-state index < -0.39 is 31.1 Å². The van der Waals surface area contributed by atoms with Gasteiger partial charge in [0.15, 0.2) is 5.82 Å². The molecule has 2 heterocycles. The lowest BCUT2D eigenvalue weighted by atomic mass is 9.83. The number of anilines is 1. The number of carbonyl (C=O) groups excluding carboxylic acids is 2. The molecule has 37 heavy (non-hydrogen) atoms. The Balaban J connectivity index is 1.56. The molecule has 0 bridgehead atoms. The minimum Gasteiger partial charge on any atom is -0.390 e. The van der Waals surface area contributed by atoms with Crippen molar-refractivity contribution in [3.63, 3.8) is 0 Å². The molecule has 1 aromatic carbocycles. The van der Waals surface area contributed by atoms with Gasteiger partial charge in [-0.2, -0.15) is 5.10 Å². The van der Waals surface area contributed by atoms with Gasteiger partial charge in [0.25, 0.3) is 0 Å². The van der Waals surface area contributed by atoms with Crippen LogP contribution in [0, 0.1) is 5.82 Å². The highest BCUT2D eigenvalue weighted by Crippen LogP contribution is 2.56. The molecule has 1 aromatic heterocycles. The number of hydrogen-bond acceptors (Lipinski definition) is 4. The third-order valence-corrected chi connectivity index (χ3v) is 11.9. The zero-order valence-corrected chi connectivity index (χ0v) is 24.0.